The third kappa shape index (κ3) is 9.57. The lowest BCUT2D eigenvalue weighted by atomic mass is 9.96. The first-order chi connectivity index (χ1) is 13.4. The van der Waals surface area contributed by atoms with E-state index in [0.29, 0.717) is 18.8 Å². The number of esters is 1. The van der Waals surface area contributed by atoms with E-state index in [1.165, 1.54) is 13.5 Å². The fourth-order valence-electron chi connectivity index (χ4n) is 3.59. The SMILES string of the molecule is CCCCC(C)CC(O)/C=C/C1C(O)CC(=O)C1SCCCCCC(=O)OC. The molecule has 0 aliphatic heterocycles. The molecule has 1 fully saturated rings. The van der Waals surface area contributed by atoms with Crippen LogP contribution in [0.3, 0.4) is 0 Å². The summed E-state index contributed by atoms with van der Waals surface area (Å²) in [7, 11) is 1.39. The van der Waals surface area contributed by atoms with Gasteiger partial charge < -0.3 is 14.9 Å². The highest BCUT2D eigenvalue weighted by Gasteiger charge is 2.40. The second kappa shape index (κ2) is 14.2. The van der Waals surface area contributed by atoms with Crippen molar-refractivity contribution in [3.63, 3.8) is 0 Å². The molecule has 0 heterocycles. The van der Waals surface area contributed by atoms with Crippen molar-refractivity contribution in [2.24, 2.45) is 11.8 Å². The quantitative estimate of drug-likeness (QED) is 0.255. The molecule has 0 aromatic heterocycles. The van der Waals surface area contributed by atoms with Crippen LogP contribution in [-0.2, 0) is 14.3 Å². The fourth-order valence-corrected chi connectivity index (χ4v) is 4.99. The minimum absolute atomic E-state index is 0.0903. The maximum atomic E-state index is 12.2. The number of rotatable bonds is 14. The summed E-state index contributed by atoms with van der Waals surface area (Å²) in [5.74, 6) is 0.964. The molecule has 1 rings (SSSR count). The van der Waals surface area contributed by atoms with Crippen molar-refractivity contribution >= 4 is 23.5 Å². The lowest BCUT2D eigenvalue weighted by Crippen LogP contribution is -2.22. The number of aliphatic hydroxyl groups is 2. The van der Waals surface area contributed by atoms with Crippen LogP contribution in [0.15, 0.2) is 12.2 Å². The smallest absolute Gasteiger partial charge is 0.305 e. The van der Waals surface area contributed by atoms with Crippen molar-refractivity contribution in [3.8, 4) is 0 Å². The summed E-state index contributed by atoms with van der Waals surface area (Å²) in [5.41, 5.74) is 0. The van der Waals surface area contributed by atoms with Gasteiger partial charge >= 0.3 is 5.97 Å². The maximum Gasteiger partial charge on any atom is 0.305 e. The molecule has 0 aromatic carbocycles. The van der Waals surface area contributed by atoms with Crippen molar-refractivity contribution in [2.75, 3.05) is 12.9 Å². The summed E-state index contributed by atoms with van der Waals surface area (Å²) in [5, 5.41) is 20.3. The number of Topliss-reactive ketones (excluding diaryl/α,β-unsaturated/α-hetero) is 1. The number of ketones is 1. The number of carbonyl (C=O) groups excluding carboxylic acids is 2. The van der Waals surface area contributed by atoms with Crippen molar-refractivity contribution in [2.45, 2.75) is 89.1 Å². The molecular weight excluding hydrogens is 376 g/mol. The molecule has 0 radical (unpaired) electrons. The number of methoxy groups -OCH3 is 1. The second-order valence-electron chi connectivity index (χ2n) is 7.93. The topological polar surface area (TPSA) is 83.8 Å². The van der Waals surface area contributed by atoms with E-state index >= 15 is 0 Å². The van der Waals surface area contributed by atoms with Gasteiger partial charge in [0.25, 0.3) is 0 Å². The summed E-state index contributed by atoms with van der Waals surface area (Å²) < 4.78 is 4.62. The van der Waals surface area contributed by atoms with Crippen LogP contribution in [0.2, 0.25) is 0 Å². The molecule has 0 amide bonds. The van der Waals surface area contributed by atoms with Gasteiger partial charge in [0.2, 0.25) is 0 Å². The normalized spacial score (nSPS) is 24.6. The van der Waals surface area contributed by atoms with Crippen molar-refractivity contribution in [1.29, 1.82) is 0 Å². The average molecular weight is 415 g/mol. The van der Waals surface area contributed by atoms with Crippen molar-refractivity contribution in [1.82, 2.24) is 0 Å². The Morgan fingerprint density at radius 3 is 2.75 bits per heavy atom. The monoisotopic (exact) mass is 414 g/mol. The van der Waals surface area contributed by atoms with E-state index in [2.05, 4.69) is 18.6 Å². The van der Waals surface area contributed by atoms with Gasteiger partial charge in [-0.3, -0.25) is 9.59 Å². The van der Waals surface area contributed by atoms with Gasteiger partial charge in [0, 0.05) is 18.8 Å². The molecule has 5 nitrogen and oxygen atoms in total. The molecule has 162 valence electrons. The molecule has 2 N–H and O–H groups in total. The highest BCUT2D eigenvalue weighted by atomic mass is 32.2. The minimum Gasteiger partial charge on any atom is -0.469 e. The van der Waals surface area contributed by atoms with Gasteiger partial charge in [-0.1, -0.05) is 51.7 Å². The Kier molecular flexibility index (Phi) is 12.8. The van der Waals surface area contributed by atoms with E-state index < -0.39 is 12.2 Å². The number of unbranched alkanes of at least 4 members (excludes halogenated alkanes) is 3. The van der Waals surface area contributed by atoms with Gasteiger partial charge in [0.15, 0.2) is 0 Å². The van der Waals surface area contributed by atoms with Crippen molar-refractivity contribution in [3.05, 3.63) is 12.2 Å². The van der Waals surface area contributed by atoms with Gasteiger partial charge in [-0.25, -0.2) is 0 Å². The first-order valence-electron chi connectivity index (χ1n) is 10.6. The molecular formula is C22H38O5S. The molecule has 0 saturated heterocycles. The Morgan fingerprint density at radius 1 is 1.32 bits per heavy atom. The van der Waals surface area contributed by atoms with E-state index in [9.17, 15) is 19.8 Å². The highest BCUT2D eigenvalue weighted by molar-refractivity contribution is 8.00. The van der Waals surface area contributed by atoms with Crippen LogP contribution in [0.1, 0.15) is 71.6 Å². The van der Waals surface area contributed by atoms with Gasteiger partial charge in [-0.2, -0.15) is 0 Å². The van der Waals surface area contributed by atoms with Gasteiger partial charge in [-0.05, 0) is 30.9 Å². The number of carbonyl (C=O) groups is 2. The lowest BCUT2D eigenvalue weighted by molar-refractivity contribution is -0.140. The van der Waals surface area contributed by atoms with Crippen LogP contribution >= 0.6 is 11.8 Å². The number of hydrogen-bond donors (Lipinski definition) is 2. The Morgan fingerprint density at radius 2 is 2.07 bits per heavy atom. The van der Waals surface area contributed by atoms with Gasteiger partial charge in [0.1, 0.15) is 5.78 Å². The summed E-state index contributed by atoms with van der Waals surface area (Å²) in [6.07, 6.45) is 9.84. The molecule has 1 aliphatic carbocycles. The molecule has 5 unspecified atom stereocenters. The predicted molar refractivity (Wildman–Crippen MR) is 114 cm³/mol. The zero-order valence-electron chi connectivity index (χ0n) is 17.6. The molecule has 5 atom stereocenters. The molecule has 0 aromatic rings. The van der Waals surface area contributed by atoms with Gasteiger partial charge in [-0.15, -0.1) is 11.8 Å². The summed E-state index contributed by atoms with van der Waals surface area (Å²) in [6, 6.07) is 0. The van der Waals surface area contributed by atoms with E-state index in [1.54, 1.807) is 17.8 Å². The van der Waals surface area contributed by atoms with Crippen LogP contribution in [-0.4, -0.2) is 52.3 Å². The zero-order chi connectivity index (χ0) is 20.9. The standard InChI is InChI=1S/C22H38O5S/c1-4-5-9-16(2)14-17(23)11-12-18-19(24)15-20(25)22(18)28-13-8-6-7-10-21(26)27-3/h11-12,16-19,22-24H,4-10,13-15H2,1-3H3/b12-11+. The van der Waals surface area contributed by atoms with E-state index in [-0.39, 0.29) is 29.3 Å². The first kappa shape index (κ1) is 25.2. The Hall–Kier alpha value is -0.850. The summed E-state index contributed by atoms with van der Waals surface area (Å²) >= 11 is 1.59. The number of thioether (sulfide) groups is 1. The Labute approximate surface area is 174 Å². The first-order valence-corrected chi connectivity index (χ1v) is 11.7. The fraction of sp³-hybridized carbons (Fsp3) is 0.818. The van der Waals surface area contributed by atoms with Crippen molar-refractivity contribution < 1.29 is 24.5 Å². The predicted octanol–water partition coefficient (Wildman–Crippen LogP) is 3.91. The van der Waals surface area contributed by atoms with Gasteiger partial charge in [0.05, 0.1) is 24.6 Å². The Bertz CT molecular complexity index is 493. The molecule has 6 heteroatoms. The largest absolute Gasteiger partial charge is 0.469 e. The molecule has 28 heavy (non-hydrogen) atoms. The number of aliphatic hydroxyl groups excluding tert-OH is 2. The summed E-state index contributed by atoms with van der Waals surface area (Å²) in [6.45, 7) is 4.32. The zero-order valence-corrected chi connectivity index (χ0v) is 18.5. The number of hydrogen-bond acceptors (Lipinski definition) is 6. The molecule has 1 aliphatic rings. The number of ether oxygens (including phenoxy) is 1. The Balaban J connectivity index is 2.41. The molecule has 0 spiro atoms. The van der Waals surface area contributed by atoms with E-state index in [1.807, 2.05) is 6.08 Å². The van der Waals surface area contributed by atoms with E-state index in [4.69, 9.17) is 0 Å². The maximum absolute atomic E-state index is 12.2. The van der Waals surface area contributed by atoms with Crippen LogP contribution in [0.4, 0.5) is 0 Å². The molecule has 0 bridgehead atoms. The second-order valence-corrected chi connectivity index (χ2v) is 9.18. The van der Waals surface area contributed by atoms with Crippen LogP contribution < -0.4 is 0 Å². The lowest BCUT2D eigenvalue weighted by Gasteiger charge is -2.18. The molecule has 1 saturated carbocycles. The van der Waals surface area contributed by atoms with Crippen LogP contribution in [0.25, 0.3) is 0 Å². The van der Waals surface area contributed by atoms with Crippen LogP contribution in [0, 0.1) is 11.8 Å². The third-order valence-corrected chi connectivity index (χ3v) is 6.78. The summed E-state index contributed by atoms with van der Waals surface area (Å²) in [4.78, 5) is 23.3. The highest BCUT2D eigenvalue weighted by Crippen LogP contribution is 2.34. The van der Waals surface area contributed by atoms with E-state index in [0.717, 1.165) is 37.9 Å². The third-order valence-electron chi connectivity index (χ3n) is 5.32. The van der Waals surface area contributed by atoms with Crippen LogP contribution in [0.5, 0.6) is 0 Å². The average Bonchev–Trinajstić information content (AvgIpc) is 2.93. The minimum atomic E-state index is -0.662.